The van der Waals surface area contributed by atoms with Gasteiger partial charge in [0.05, 0.1) is 23.6 Å². The van der Waals surface area contributed by atoms with Crippen LogP contribution < -0.4 is 10.6 Å². The van der Waals surface area contributed by atoms with Gasteiger partial charge in [-0.15, -0.1) is 0 Å². The van der Waals surface area contributed by atoms with Crippen LogP contribution in [0, 0.1) is 0 Å². The lowest BCUT2D eigenvalue weighted by atomic mass is 10.2. The van der Waals surface area contributed by atoms with Crippen molar-refractivity contribution >= 4 is 27.0 Å². The van der Waals surface area contributed by atoms with E-state index in [1.807, 2.05) is 39.0 Å². The molecule has 3 aromatic rings. The van der Waals surface area contributed by atoms with Gasteiger partial charge in [-0.05, 0) is 44.5 Å². The first-order chi connectivity index (χ1) is 15.7. The molecule has 1 amide bonds. The first-order valence-corrected chi connectivity index (χ1v) is 12.3. The van der Waals surface area contributed by atoms with E-state index in [0.717, 1.165) is 10.9 Å². The standard InChI is InChI=1S/C24H31N3O5S/c1-24(2,3)32-23(28)26-14-16-31-15-13-25-17-19-18-27(22-12-8-7-11-21(19)22)33(29,30)20-9-5-4-6-10-20/h4-12,18,25H,13-17H2,1-3H3,(H,26,28). The highest BCUT2D eigenvalue weighted by Gasteiger charge is 2.20. The van der Waals surface area contributed by atoms with Crippen molar-refractivity contribution in [1.29, 1.82) is 0 Å². The van der Waals surface area contributed by atoms with Gasteiger partial charge in [0, 0.05) is 31.2 Å². The maximum Gasteiger partial charge on any atom is 0.407 e. The van der Waals surface area contributed by atoms with Crippen molar-refractivity contribution in [1.82, 2.24) is 14.6 Å². The average molecular weight is 474 g/mol. The number of nitrogens with zero attached hydrogens (tertiary/aromatic N) is 1. The summed E-state index contributed by atoms with van der Waals surface area (Å²) in [5, 5.41) is 6.81. The van der Waals surface area contributed by atoms with Crippen LogP contribution in [0.5, 0.6) is 0 Å². The zero-order chi connectivity index (χ0) is 23.9. The Morgan fingerprint density at radius 3 is 2.36 bits per heavy atom. The number of carbonyl (C=O) groups excluding carboxylic acids is 1. The summed E-state index contributed by atoms with van der Waals surface area (Å²) in [6.45, 7) is 7.69. The van der Waals surface area contributed by atoms with Gasteiger partial charge in [0.2, 0.25) is 0 Å². The van der Waals surface area contributed by atoms with Gasteiger partial charge in [0.1, 0.15) is 5.60 Å². The molecule has 0 spiro atoms. The van der Waals surface area contributed by atoms with Crippen molar-refractivity contribution in [3.63, 3.8) is 0 Å². The molecule has 3 rings (SSSR count). The van der Waals surface area contributed by atoms with Gasteiger partial charge < -0.3 is 20.1 Å². The lowest BCUT2D eigenvalue weighted by molar-refractivity contribution is 0.0500. The molecular formula is C24H31N3O5S. The number of fused-ring (bicyclic) bond motifs is 1. The summed E-state index contributed by atoms with van der Waals surface area (Å²) in [5.74, 6) is 0. The van der Waals surface area contributed by atoms with Crippen LogP contribution in [0.4, 0.5) is 4.79 Å². The summed E-state index contributed by atoms with van der Waals surface area (Å²) in [7, 11) is -3.69. The van der Waals surface area contributed by atoms with E-state index in [4.69, 9.17) is 9.47 Å². The number of hydrogen-bond donors (Lipinski definition) is 2. The Kier molecular flexibility index (Phi) is 8.12. The van der Waals surface area contributed by atoms with E-state index >= 15 is 0 Å². The highest BCUT2D eigenvalue weighted by Crippen LogP contribution is 2.25. The third kappa shape index (κ3) is 6.80. The van der Waals surface area contributed by atoms with E-state index in [1.54, 1.807) is 42.6 Å². The van der Waals surface area contributed by atoms with Crippen LogP contribution in [-0.2, 0) is 26.0 Å². The number of nitrogens with one attached hydrogen (secondary N) is 2. The Bertz CT molecular complexity index is 1170. The Balaban J connectivity index is 1.51. The second kappa shape index (κ2) is 10.8. The number of alkyl carbamates (subject to hydrolysis) is 1. The van der Waals surface area contributed by atoms with Crippen LogP contribution in [0.3, 0.4) is 0 Å². The van der Waals surface area contributed by atoms with Gasteiger partial charge in [-0.25, -0.2) is 17.2 Å². The van der Waals surface area contributed by atoms with Crippen molar-refractivity contribution in [2.75, 3.05) is 26.3 Å². The summed E-state index contributed by atoms with van der Waals surface area (Å²) in [6, 6.07) is 15.9. The molecule has 2 aromatic carbocycles. The number of carbonyl (C=O) groups is 1. The molecule has 0 aliphatic heterocycles. The van der Waals surface area contributed by atoms with Gasteiger partial charge >= 0.3 is 6.09 Å². The minimum Gasteiger partial charge on any atom is -0.444 e. The van der Waals surface area contributed by atoms with Crippen LogP contribution in [0.15, 0.2) is 65.7 Å². The zero-order valence-corrected chi connectivity index (χ0v) is 20.0. The topological polar surface area (TPSA) is 98.7 Å². The first kappa shape index (κ1) is 24.8. The Hall–Kier alpha value is -2.88. The molecule has 0 bridgehead atoms. The Morgan fingerprint density at radius 1 is 0.970 bits per heavy atom. The van der Waals surface area contributed by atoms with Crippen molar-refractivity contribution in [3.05, 3.63) is 66.4 Å². The van der Waals surface area contributed by atoms with Crippen molar-refractivity contribution in [2.45, 2.75) is 37.8 Å². The van der Waals surface area contributed by atoms with E-state index in [-0.39, 0.29) is 4.90 Å². The second-order valence-corrected chi connectivity index (χ2v) is 10.3. The Morgan fingerprint density at radius 2 is 1.64 bits per heavy atom. The minimum absolute atomic E-state index is 0.249. The van der Waals surface area contributed by atoms with Crippen LogP contribution in [0.25, 0.3) is 10.9 Å². The fourth-order valence-corrected chi connectivity index (χ4v) is 4.69. The van der Waals surface area contributed by atoms with Gasteiger partial charge in [-0.3, -0.25) is 0 Å². The summed E-state index contributed by atoms with van der Waals surface area (Å²) >= 11 is 0. The highest BCUT2D eigenvalue weighted by atomic mass is 32.2. The molecule has 1 aromatic heterocycles. The molecule has 0 atom stereocenters. The molecule has 0 aliphatic carbocycles. The number of benzene rings is 2. The largest absolute Gasteiger partial charge is 0.444 e. The van der Waals surface area contributed by atoms with Gasteiger partial charge in [-0.2, -0.15) is 0 Å². The molecule has 0 fully saturated rings. The molecule has 9 heteroatoms. The third-order valence-electron chi connectivity index (χ3n) is 4.71. The first-order valence-electron chi connectivity index (χ1n) is 10.8. The number of amides is 1. The molecule has 0 unspecified atom stereocenters. The average Bonchev–Trinajstić information content (AvgIpc) is 3.14. The quantitative estimate of drug-likeness (QED) is 0.437. The maximum absolute atomic E-state index is 13.1. The normalized spacial score (nSPS) is 12.1. The number of hydrogen-bond acceptors (Lipinski definition) is 6. The summed E-state index contributed by atoms with van der Waals surface area (Å²) in [6.07, 6.45) is 1.21. The molecule has 0 radical (unpaired) electrons. The van der Waals surface area contributed by atoms with E-state index < -0.39 is 21.7 Å². The molecule has 178 valence electrons. The molecule has 33 heavy (non-hydrogen) atoms. The highest BCUT2D eigenvalue weighted by molar-refractivity contribution is 7.90. The zero-order valence-electron chi connectivity index (χ0n) is 19.2. The molecule has 8 nitrogen and oxygen atoms in total. The van der Waals surface area contributed by atoms with Crippen molar-refractivity contribution in [3.8, 4) is 0 Å². The maximum atomic E-state index is 13.1. The summed E-state index contributed by atoms with van der Waals surface area (Å²) in [4.78, 5) is 11.8. The van der Waals surface area contributed by atoms with E-state index in [1.165, 1.54) is 3.97 Å². The predicted molar refractivity (Wildman–Crippen MR) is 128 cm³/mol. The fourth-order valence-electron chi connectivity index (χ4n) is 3.27. The van der Waals surface area contributed by atoms with E-state index in [9.17, 15) is 13.2 Å². The molecule has 0 aliphatic rings. The third-order valence-corrected chi connectivity index (χ3v) is 6.40. The van der Waals surface area contributed by atoms with Gasteiger partial charge in [0.25, 0.3) is 10.0 Å². The Labute approximate surface area is 194 Å². The molecule has 2 N–H and O–H groups in total. The van der Waals surface area contributed by atoms with Crippen LogP contribution in [-0.4, -0.2) is 50.4 Å². The van der Waals surface area contributed by atoms with Crippen molar-refractivity contribution < 1.29 is 22.7 Å². The summed E-state index contributed by atoms with van der Waals surface area (Å²) in [5.41, 5.74) is 0.998. The number of ether oxygens (including phenoxy) is 2. The minimum atomic E-state index is -3.69. The van der Waals surface area contributed by atoms with Crippen LogP contribution in [0.2, 0.25) is 0 Å². The monoisotopic (exact) mass is 473 g/mol. The molecule has 1 heterocycles. The number of rotatable bonds is 10. The number of para-hydroxylation sites is 1. The van der Waals surface area contributed by atoms with Gasteiger partial charge in [0.15, 0.2) is 0 Å². The van der Waals surface area contributed by atoms with Gasteiger partial charge in [-0.1, -0.05) is 36.4 Å². The van der Waals surface area contributed by atoms with Crippen molar-refractivity contribution in [2.24, 2.45) is 0 Å². The second-order valence-electron chi connectivity index (χ2n) is 8.50. The number of aromatic nitrogens is 1. The van der Waals surface area contributed by atoms with E-state index in [0.29, 0.717) is 38.4 Å². The fraction of sp³-hybridized carbons (Fsp3) is 0.375. The summed E-state index contributed by atoms with van der Waals surface area (Å²) < 4.78 is 38.3. The van der Waals surface area contributed by atoms with Crippen LogP contribution in [0.1, 0.15) is 26.3 Å². The molecular weight excluding hydrogens is 442 g/mol. The smallest absolute Gasteiger partial charge is 0.407 e. The lowest BCUT2D eigenvalue weighted by Crippen LogP contribution is -2.34. The van der Waals surface area contributed by atoms with E-state index in [2.05, 4.69) is 10.6 Å². The SMILES string of the molecule is CC(C)(C)OC(=O)NCCOCCNCc1cn(S(=O)(=O)c2ccccc2)c2ccccc12. The van der Waals surface area contributed by atoms with Crippen LogP contribution >= 0.6 is 0 Å². The molecule has 0 saturated heterocycles. The lowest BCUT2D eigenvalue weighted by Gasteiger charge is -2.19. The molecule has 0 saturated carbocycles. The predicted octanol–water partition coefficient (Wildman–Crippen LogP) is 3.51.